The van der Waals surface area contributed by atoms with E-state index in [-0.39, 0.29) is 6.98 Å². The molecule has 158 valence electrons. The highest BCUT2D eigenvalue weighted by Crippen LogP contribution is 2.52. The smallest absolute Gasteiger partial charge is 0.421 e. The standard InChI is InChI=1S/C30H19BN2O/c1-2-10-20(11-3-1)32-28-19-30-24(23-14-6-9-17-29(23)34-30)18-27(28)33-26-16-8-5-13-22(26)21-12-4-7-15-25(21)31(32)33/h1-19H. The van der Waals surface area contributed by atoms with Gasteiger partial charge in [0.05, 0.1) is 11.4 Å². The summed E-state index contributed by atoms with van der Waals surface area (Å²) in [6.07, 6.45) is 0. The molecule has 0 amide bonds. The number of nitrogens with zero attached hydrogens (tertiary/aromatic N) is 2. The van der Waals surface area contributed by atoms with Crippen molar-refractivity contribution in [3.05, 3.63) is 115 Å². The minimum absolute atomic E-state index is 0.0290. The third-order valence-electron chi connectivity index (χ3n) is 7.21. The number of fused-ring (bicyclic) bond motifs is 11. The van der Waals surface area contributed by atoms with Crippen LogP contribution >= 0.6 is 0 Å². The van der Waals surface area contributed by atoms with Gasteiger partial charge in [-0.25, -0.2) is 0 Å². The first kappa shape index (κ1) is 18.0. The first-order chi connectivity index (χ1) is 16.9. The van der Waals surface area contributed by atoms with Gasteiger partial charge in [-0.2, -0.15) is 0 Å². The summed E-state index contributed by atoms with van der Waals surface area (Å²) < 4.78 is 6.31. The van der Waals surface area contributed by atoms with Crippen molar-refractivity contribution in [1.29, 1.82) is 0 Å². The maximum Gasteiger partial charge on any atom is 0.421 e. The minimum atomic E-state index is 0.0290. The van der Waals surface area contributed by atoms with Gasteiger partial charge in [0.1, 0.15) is 11.2 Å². The van der Waals surface area contributed by atoms with E-state index in [1.165, 1.54) is 33.7 Å². The normalized spacial score (nSPS) is 13.7. The zero-order valence-corrected chi connectivity index (χ0v) is 18.3. The lowest BCUT2D eigenvalue weighted by molar-refractivity contribution is 0.669. The molecule has 1 aromatic heterocycles. The van der Waals surface area contributed by atoms with E-state index >= 15 is 0 Å². The van der Waals surface area contributed by atoms with E-state index in [9.17, 15) is 0 Å². The molecule has 8 rings (SSSR count). The van der Waals surface area contributed by atoms with Crippen LogP contribution in [-0.2, 0) is 0 Å². The molecule has 0 saturated heterocycles. The van der Waals surface area contributed by atoms with Crippen molar-refractivity contribution in [2.45, 2.75) is 0 Å². The number of furan rings is 1. The molecule has 4 heteroatoms. The molecular formula is C30H19BN2O. The Labute approximate surface area is 197 Å². The zero-order valence-electron chi connectivity index (χ0n) is 18.3. The van der Waals surface area contributed by atoms with E-state index in [0.29, 0.717) is 0 Å². The molecule has 0 aliphatic carbocycles. The summed E-state index contributed by atoms with van der Waals surface area (Å²) in [4.78, 5) is 4.96. The number of para-hydroxylation sites is 3. The quantitative estimate of drug-likeness (QED) is 0.254. The Bertz CT molecular complexity index is 1740. The van der Waals surface area contributed by atoms with E-state index in [0.717, 1.165) is 27.6 Å². The van der Waals surface area contributed by atoms with Gasteiger partial charge in [0.25, 0.3) is 0 Å². The molecule has 3 heterocycles. The zero-order chi connectivity index (χ0) is 22.2. The number of benzene rings is 5. The summed E-state index contributed by atoms with van der Waals surface area (Å²) in [5.74, 6) is 0. The van der Waals surface area contributed by atoms with Crippen LogP contribution < -0.4 is 15.1 Å². The Morgan fingerprint density at radius 1 is 0.500 bits per heavy atom. The summed E-state index contributed by atoms with van der Waals surface area (Å²) in [5.41, 5.74) is 10.5. The molecular weight excluding hydrogens is 415 g/mol. The van der Waals surface area contributed by atoms with Crippen molar-refractivity contribution in [3.63, 3.8) is 0 Å². The summed E-state index contributed by atoms with van der Waals surface area (Å²) in [6, 6.07) is 41.1. The number of anilines is 4. The van der Waals surface area contributed by atoms with Crippen LogP contribution in [0.1, 0.15) is 0 Å². The van der Waals surface area contributed by atoms with E-state index in [1.54, 1.807) is 0 Å². The van der Waals surface area contributed by atoms with Crippen LogP contribution in [0.3, 0.4) is 0 Å². The fourth-order valence-corrected chi connectivity index (χ4v) is 5.80. The van der Waals surface area contributed by atoms with Crippen LogP contribution in [0.25, 0.3) is 33.1 Å². The Hall–Kier alpha value is -4.44. The van der Waals surface area contributed by atoms with Crippen molar-refractivity contribution in [3.8, 4) is 11.1 Å². The summed E-state index contributed by atoms with van der Waals surface area (Å²) in [6.45, 7) is 0.0290. The highest BCUT2D eigenvalue weighted by Gasteiger charge is 2.48. The van der Waals surface area contributed by atoms with Crippen molar-refractivity contribution < 1.29 is 4.42 Å². The lowest BCUT2D eigenvalue weighted by Gasteiger charge is -2.36. The van der Waals surface area contributed by atoms with Crippen LogP contribution in [0.5, 0.6) is 0 Å². The SMILES string of the molecule is c1ccc(N2B3c4ccccc4-c4ccccc4N3c3cc4c(cc32)oc2ccccc24)cc1. The highest BCUT2D eigenvalue weighted by molar-refractivity contribution is 6.86. The minimum Gasteiger partial charge on any atom is -0.456 e. The van der Waals surface area contributed by atoms with Gasteiger partial charge in [0.15, 0.2) is 0 Å². The van der Waals surface area contributed by atoms with Crippen LogP contribution in [0.15, 0.2) is 120 Å². The van der Waals surface area contributed by atoms with Crippen molar-refractivity contribution in [2.24, 2.45) is 0 Å². The molecule has 0 N–H and O–H groups in total. The van der Waals surface area contributed by atoms with E-state index in [1.807, 2.05) is 12.1 Å². The van der Waals surface area contributed by atoms with E-state index < -0.39 is 0 Å². The Morgan fingerprint density at radius 2 is 1.21 bits per heavy atom. The molecule has 5 aromatic carbocycles. The maximum absolute atomic E-state index is 6.31. The fourth-order valence-electron chi connectivity index (χ4n) is 5.80. The van der Waals surface area contributed by atoms with Crippen LogP contribution in [-0.4, -0.2) is 6.98 Å². The Morgan fingerprint density at radius 3 is 2.12 bits per heavy atom. The number of hydrogen-bond donors (Lipinski definition) is 0. The molecule has 0 atom stereocenters. The van der Waals surface area contributed by atoms with Crippen molar-refractivity contribution >= 4 is 57.1 Å². The number of hydrogen-bond acceptors (Lipinski definition) is 3. The average Bonchev–Trinajstić information content (AvgIpc) is 3.43. The third-order valence-corrected chi connectivity index (χ3v) is 7.21. The summed E-state index contributed by atoms with van der Waals surface area (Å²) in [7, 11) is 0. The van der Waals surface area contributed by atoms with Gasteiger partial charge < -0.3 is 14.0 Å². The molecule has 0 unspecified atom stereocenters. The van der Waals surface area contributed by atoms with Gasteiger partial charge in [-0.3, -0.25) is 0 Å². The molecule has 0 bridgehead atoms. The maximum atomic E-state index is 6.31. The predicted octanol–water partition coefficient (Wildman–Crippen LogP) is 7.25. The van der Waals surface area contributed by atoms with Crippen LogP contribution in [0, 0.1) is 0 Å². The molecule has 6 aromatic rings. The highest BCUT2D eigenvalue weighted by atomic mass is 16.3. The van der Waals surface area contributed by atoms with E-state index in [4.69, 9.17) is 4.42 Å². The van der Waals surface area contributed by atoms with Gasteiger partial charge in [-0.1, -0.05) is 78.9 Å². The van der Waals surface area contributed by atoms with Crippen molar-refractivity contribution in [2.75, 3.05) is 9.62 Å². The molecule has 0 saturated carbocycles. The average molecular weight is 434 g/mol. The second kappa shape index (κ2) is 6.55. The summed E-state index contributed by atoms with van der Waals surface area (Å²) in [5, 5.41) is 2.31. The van der Waals surface area contributed by atoms with E-state index in [2.05, 4.69) is 113 Å². The fraction of sp³-hybridized carbons (Fsp3) is 0. The van der Waals surface area contributed by atoms with Gasteiger partial charge in [0.2, 0.25) is 0 Å². The molecule has 34 heavy (non-hydrogen) atoms. The van der Waals surface area contributed by atoms with Gasteiger partial charge in [-0.15, -0.1) is 0 Å². The predicted molar refractivity (Wildman–Crippen MR) is 142 cm³/mol. The second-order valence-electron chi connectivity index (χ2n) is 8.99. The van der Waals surface area contributed by atoms with Gasteiger partial charge in [0, 0.05) is 33.8 Å². The molecule has 0 radical (unpaired) electrons. The largest absolute Gasteiger partial charge is 0.456 e. The topological polar surface area (TPSA) is 19.6 Å². The monoisotopic (exact) mass is 434 g/mol. The Balaban J connectivity index is 1.50. The lowest BCUT2D eigenvalue weighted by Crippen LogP contribution is -2.55. The lowest BCUT2D eigenvalue weighted by atomic mass is 9.59. The first-order valence-corrected chi connectivity index (χ1v) is 11.7. The molecule has 3 nitrogen and oxygen atoms in total. The summed E-state index contributed by atoms with van der Waals surface area (Å²) >= 11 is 0. The molecule has 0 spiro atoms. The van der Waals surface area contributed by atoms with Crippen LogP contribution in [0.2, 0.25) is 0 Å². The first-order valence-electron chi connectivity index (χ1n) is 11.7. The van der Waals surface area contributed by atoms with Gasteiger partial charge in [-0.05, 0) is 41.4 Å². The number of rotatable bonds is 1. The molecule has 2 aliphatic rings. The third kappa shape index (κ3) is 2.27. The Kier molecular flexibility index (Phi) is 3.48. The molecule has 0 fully saturated rings. The second-order valence-corrected chi connectivity index (χ2v) is 8.99. The molecule has 2 aliphatic heterocycles. The van der Waals surface area contributed by atoms with Crippen molar-refractivity contribution in [1.82, 2.24) is 0 Å². The van der Waals surface area contributed by atoms with Gasteiger partial charge >= 0.3 is 6.98 Å². The van der Waals surface area contributed by atoms with Crippen LogP contribution in [0.4, 0.5) is 22.7 Å².